The molecule has 0 spiro atoms. The smallest absolute Gasteiger partial charge is 0.251 e. The van der Waals surface area contributed by atoms with Gasteiger partial charge in [0.2, 0.25) is 0 Å². The minimum atomic E-state index is 0.00399. The largest absolute Gasteiger partial charge is 0.349 e. The van der Waals surface area contributed by atoms with Gasteiger partial charge in [0.25, 0.3) is 5.91 Å². The van der Waals surface area contributed by atoms with E-state index in [0.717, 1.165) is 10.8 Å². The molecule has 0 saturated carbocycles. The number of nitrogens with one attached hydrogen (secondary N) is 1. The molecule has 0 saturated heterocycles. The van der Waals surface area contributed by atoms with Crippen LogP contribution in [0, 0.1) is 11.8 Å². The summed E-state index contributed by atoms with van der Waals surface area (Å²) in [6.07, 6.45) is 0. The molecule has 0 aliphatic rings. The summed E-state index contributed by atoms with van der Waals surface area (Å²) < 4.78 is 0. The zero-order chi connectivity index (χ0) is 18.4. The molecule has 4 heteroatoms. The molecule has 0 heterocycles. The average Bonchev–Trinajstić information content (AvgIpc) is 2.59. The molecule has 25 heavy (non-hydrogen) atoms. The van der Waals surface area contributed by atoms with Gasteiger partial charge in [0.05, 0.1) is 0 Å². The summed E-state index contributed by atoms with van der Waals surface area (Å²) in [6, 6.07) is 15.9. The number of benzene rings is 2. The lowest BCUT2D eigenvalue weighted by Gasteiger charge is -2.26. The maximum atomic E-state index is 12.5. The Balaban J connectivity index is 1.94. The third kappa shape index (κ3) is 6.09. The third-order valence-electron chi connectivity index (χ3n) is 4.17. The lowest BCUT2D eigenvalue weighted by Crippen LogP contribution is -2.42. The molecule has 134 valence electrons. The molecule has 0 atom stereocenters. The molecular formula is C21H26ClNOS. The quantitative estimate of drug-likeness (QED) is 0.597. The van der Waals surface area contributed by atoms with Crippen molar-refractivity contribution in [3.05, 3.63) is 64.7 Å². The van der Waals surface area contributed by atoms with Crippen molar-refractivity contribution in [3.8, 4) is 0 Å². The monoisotopic (exact) mass is 375 g/mol. The molecule has 2 nitrogen and oxygen atoms in total. The van der Waals surface area contributed by atoms with Crippen molar-refractivity contribution < 1.29 is 4.79 Å². The van der Waals surface area contributed by atoms with Gasteiger partial charge in [-0.15, -0.1) is 11.8 Å². The van der Waals surface area contributed by atoms with Gasteiger partial charge < -0.3 is 5.32 Å². The van der Waals surface area contributed by atoms with Crippen molar-refractivity contribution in [2.75, 3.05) is 0 Å². The predicted octanol–water partition coefficient (Wildman–Crippen LogP) is 6.04. The highest BCUT2D eigenvalue weighted by atomic mass is 35.5. The van der Waals surface area contributed by atoms with E-state index in [0.29, 0.717) is 17.4 Å². The number of rotatable bonds is 7. The fraction of sp³-hybridized carbons (Fsp3) is 0.381. The number of halogens is 1. The van der Waals surface area contributed by atoms with Crippen LogP contribution in [-0.4, -0.2) is 11.9 Å². The SMILES string of the molecule is CC(C)C(NC(=O)c1ccc(CSc2ccc(Cl)cc2)cc1)C(C)C. The molecular weight excluding hydrogens is 350 g/mol. The molecule has 0 aliphatic heterocycles. The predicted molar refractivity (Wildman–Crippen MR) is 108 cm³/mol. The highest BCUT2D eigenvalue weighted by Crippen LogP contribution is 2.24. The Morgan fingerprint density at radius 3 is 2.04 bits per heavy atom. The van der Waals surface area contributed by atoms with Crippen LogP contribution in [0.25, 0.3) is 0 Å². The van der Waals surface area contributed by atoms with Gasteiger partial charge in [-0.1, -0.05) is 51.4 Å². The highest BCUT2D eigenvalue weighted by molar-refractivity contribution is 7.98. The summed E-state index contributed by atoms with van der Waals surface area (Å²) in [5.74, 6) is 1.70. The van der Waals surface area contributed by atoms with Gasteiger partial charge in [0.1, 0.15) is 0 Å². The van der Waals surface area contributed by atoms with Crippen molar-refractivity contribution >= 4 is 29.3 Å². The summed E-state index contributed by atoms with van der Waals surface area (Å²) in [5.41, 5.74) is 1.91. The standard InChI is InChI=1S/C21H26ClNOS/c1-14(2)20(15(3)4)23-21(24)17-7-5-16(6-8-17)13-25-19-11-9-18(22)10-12-19/h5-12,14-15,20H,13H2,1-4H3,(H,23,24). The first kappa shape index (κ1) is 19.9. The van der Waals surface area contributed by atoms with Crippen LogP contribution < -0.4 is 5.32 Å². The summed E-state index contributed by atoms with van der Waals surface area (Å²) in [5, 5.41) is 3.91. The van der Waals surface area contributed by atoms with Crippen LogP contribution in [0.4, 0.5) is 0 Å². The molecule has 1 amide bonds. The van der Waals surface area contributed by atoms with Gasteiger partial charge in [-0.2, -0.15) is 0 Å². The second-order valence-electron chi connectivity index (χ2n) is 6.93. The maximum absolute atomic E-state index is 12.5. The van der Waals surface area contributed by atoms with Gasteiger partial charge in [-0.25, -0.2) is 0 Å². The molecule has 2 aromatic carbocycles. The van der Waals surface area contributed by atoms with E-state index in [1.807, 2.05) is 48.5 Å². The number of hydrogen-bond donors (Lipinski definition) is 1. The zero-order valence-electron chi connectivity index (χ0n) is 15.3. The van der Waals surface area contributed by atoms with E-state index in [-0.39, 0.29) is 11.9 Å². The van der Waals surface area contributed by atoms with E-state index in [1.165, 1.54) is 10.5 Å². The number of carbonyl (C=O) groups is 1. The van der Waals surface area contributed by atoms with Crippen molar-refractivity contribution in [1.29, 1.82) is 0 Å². The van der Waals surface area contributed by atoms with Crippen molar-refractivity contribution in [3.63, 3.8) is 0 Å². The van der Waals surface area contributed by atoms with E-state index < -0.39 is 0 Å². The molecule has 0 unspecified atom stereocenters. The van der Waals surface area contributed by atoms with Gasteiger partial charge in [-0.3, -0.25) is 4.79 Å². The Labute approximate surface area is 160 Å². The van der Waals surface area contributed by atoms with Crippen LogP contribution in [0.3, 0.4) is 0 Å². The number of thioether (sulfide) groups is 1. The van der Waals surface area contributed by atoms with Crippen LogP contribution in [-0.2, 0) is 5.75 Å². The third-order valence-corrected chi connectivity index (χ3v) is 5.50. The molecule has 0 radical (unpaired) electrons. The van der Waals surface area contributed by atoms with Crippen LogP contribution in [0.15, 0.2) is 53.4 Å². The molecule has 0 fully saturated rings. The Bertz CT molecular complexity index is 672. The number of amides is 1. The van der Waals surface area contributed by atoms with E-state index in [2.05, 4.69) is 33.0 Å². The van der Waals surface area contributed by atoms with E-state index in [1.54, 1.807) is 11.8 Å². The minimum absolute atomic E-state index is 0.00399. The van der Waals surface area contributed by atoms with Gasteiger partial charge in [0, 0.05) is 27.3 Å². The number of hydrogen-bond acceptors (Lipinski definition) is 2. The van der Waals surface area contributed by atoms with Gasteiger partial charge in [-0.05, 0) is 53.8 Å². The Hall–Kier alpha value is -1.45. The lowest BCUT2D eigenvalue weighted by atomic mass is 9.93. The van der Waals surface area contributed by atoms with Crippen molar-refractivity contribution in [2.45, 2.75) is 44.4 Å². The number of carbonyl (C=O) groups excluding carboxylic acids is 1. The zero-order valence-corrected chi connectivity index (χ0v) is 16.8. The van der Waals surface area contributed by atoms with Crippen LogP contribution in [0.2, 0.25) is 5.02 Å². The molecule has 2 rings (SSSR count). The molecule has 0 bridgehead atoms. The molecule has 1 N–H and O–H groups in total. The Kier molecular flexibility index (Phi) is 7.39. The van der Waals surface area contributed by atoms with Crippen LogP contribution >= 0.6 is 23.4 Å². The average molecular weight is 376 g/mol. The second-order valence-corrected chi connectivity index (χ2v) is 8.41. The van der Waals surface area contributed by atoms with Crippen molar-refractivity contribution in [2.24, 2.45) is 11.8 Å². The second kappa shape index (κ2) is 9.30. The normalized spacial score (nSPS) is 11.4. The molecule has 0 aromatic heterocycles. The van der Waals surface area contributed by atoms with Crippen LogP contribution in [0.5, 0.6) is 0 Å². The highest BCUT2D eigenvalue weighted by Gasteiger charge is 2.20. The van der Waals surface area contributed by atoms with E-state index >= 15 is 0 Å². The van der Waals surface area contributed by atoms with E-state index in [9.17, 15) is 4.79 Å². The van der Waals surface area contributed by atoms with Gasteiger partial charge >= 0.3 is 0 Å². The summed E-state index contributed by atoms with van der Waals surface area (Å²) in [6.45, 7) is 8.56. The maximum Gasteiger partial charge on any atom is 0.251 e. The fourth-order valence-electron chi connectivity index (χ4n) is 2.79. The van der Waals surface area contributed by atoms with Crippen molar-refractivity contribution in [1.82, 2.24) is 5.32 Å². The Morgan fingerprint density at radius 2 is 1.52 bits per heavy atom. The summed E-state index contributed by atoms with van der Waals surface area (Å²) >= 11 is 7.66. The summed E-state index contributed by atoms with van der Waals surface area (Å²) in [4.78, 5) is 13.6. The summed E-state index contributed by atoms with van der Waals surface area (Å²) in [7, 11) is 0. The first-order valence-electron chi connectivity index (χ1n) is 8.65. The fourth-order valence-corrected chi connectivity index (χ4v) is 3.77. The molecule has 0 aliphatic carbocycles. The van der Waals surface area contributed by atoms with Gasteiger partial charge in [0.15, 0.2) is 0 Å². The lowest BCUT2D eigenvalue weighted by molar-refractivity contribution is 0.0910. The first-order chi connectivity index (χ1) is 11.9. The minimum Gasteiger partial charge on any atom is -0.349 e. The molecule has 2 aromatic rings. The van der Waals surface area contributed by atoms with Crippen LogP contribution in [0.1, 0.15) is 43.6 Å². The van der Waals surface area contributed by atoms with E-state index in [4.69, 9.17) is 11.6 Å². The first-order valence-corrected chi connectivity index (χ1v) is 10.0. The topological polar surface area (TPSA) is 29.1 Å². The Morgan fingerprint density at radius 1 is 0.960 bits per heavy atom.